The number of hydrogen-bond donors (Lipinski definition) is 3. The molecular formula is C19H30N4O2. The second kappa shape index (κ2) is 9.42. The van der Waals surface area contributed by atoms with Gasteiger partial charge in [-0.15, -0.1) is 0 Å². The van der Waals surface area contributed by atoms with E-state index in [1.807, 2.05) is 13.8 Å². The van der Waals surface area contributed by atoms with Gasteiger partial charge in [-0.25, -0.2) is 4.79 Å². The summed E-state index contributed by atoms with van der Waals surface area (Å²) in [7, 11) is 0. The van der Waals surface area contributed by atoms with Crippen LogP contribution in [-0.4, -0.2) is 49.1 Å². The fourth-order valence-corrected chi connectivity index (χ4v) is 3.09. The Morgan fingerprint density at radius 1 is 1.32 bits per heavy atom. The van der Waals surface area contributed by atoms with E-state index in [4.69, 9.17) is 0 Å². The smallest absolute Gasteiger partial charge is 0.319 e. The molecule has 1 saturated heterocycles. The van der Waals surface area contributed by atoms with E-state index in [1.54, 1.807) is 24.3 Å². The van der Waals surface area contributed by atoms with E-state index in [0.717, 1.165) is 25.6 Å². The summed E-state index contributed by atoms with van der Waals surface area (Å²) in [5.41, 5.74) is 1.16. The van der Waals surface area contributed by atoms with Crippen LogP contribution in [0, 0.1) is 5.92 Å². The minimum Gasteiger partial charge on any atom is -0.351 e. The van der Waals surface area contributed by atoms with Gasteiger partial charge in [-0.1, -0.05) is 13.0 Å². The second-order valence-corrected chi connectivity index (χ2v) is 7.14. The molecule has 3 N–H and O–H groups in total. The zero-order chi connectivity index (χ0) is 18.2. The Hall–Kier alpha value is -2.08. The Kier molecular flexibility index (Phi) is 7.25. The highest BCUT2D eigenvalue weighted by molar-refractivity contribution is 5.96. The van der Waals surface area contributed by atoms with Crippen molar-refractivity contribution in [3.05, 3.63) is 29.8 Å². The van der Waals surface area contributed by atoms with Gasteiger partial charge in [-0.05, 0) is 57.4 Å². The lowest BCUT2D eigenvalue weighted by Gasteiger charge is -2.30. The maximum Gasteiger partial charge on any atom is 0.319 e. The van der Waals surface area contributed by atoms with Crippen LogP contribution in [0.5, 0.6) is 0 Å². The van der Waals surface area contributed by atoms with Gasteiger partial charge in [-0.2, -0.15) is 0 Å². The SMILES string of the molecule is CC1CCCN(CCNC(=O)c2cccc(NC(=O)NC(C)C)c2)C1. The van der Waals surface area contributed by atoms with Crippen molar-refractivity contribution in [2.75, 3.05) is 31.5 Å². The highest BCUT2D eigenvalue weighted by Gasteiger charge is 2.16. The van der Waals surface area contributed by atoms with Crippen molar-refractivity contribution >= 4 is 17.6 Å². The van der Waals surface area contributed by atoms with Gasteiger partial charge in [0, 0.05) is 36.9 Å². The normalized spacial score (nSPS) is 18.0. The molecule has 138 valence electrons. The third-order valence-electron chi connectivity index (χ3n) is 4.26. The van der Waals surface area contributed by atoms with Crippen LogP contribution in [0.2, 0.25) is 0 Å². The molecule has 3 amide bonds. The molecule has 6 nitrogen and oxygen atoms in total. The second-order valence-electron chi connectivity index (χ2n) is 7.14. The van der Waals surface area contributed by atoms with Crippen LogP contribution in [-0.2, 0) is 0 Å². The molecule has 1 aliphatic rings. The van der Waals surface area contributed by atoms with Crippen LogP contribution < -0.4 is 16.0 Å². The van der Waals surface area contributed by atoms with Gasteiger partial charge in [0.1, 0.15) is 0 Å². The van der Waals surface area contributed by atoms with E-state index in [0.29, 0.717) is 17.8 Å². The topological polar surface area (TPSA) is 73.5 Å². The quantitative estimate of drug-likeness (QED) is 0.741. The van der Waals surface area contributed by atoms with E-state index in [2.05, 4.69) is 27.8 Å². The zero-order valence-electron chi connectivity index (χ0n) is 15.5. The maximum absolute atomic E-state index is 12.3. The highest BCUT2D eigenvalue weighted by Crippen LogP contribution is 2.14. The molecule has 1 unspecified atom stereocenters. The van der Waals surface area contributed by atoms with E-state index in [-0.39, 0.29) is 18.0 Å². The zero-order valence-corrected chi connectivity index (χ0v) is 15.5. The van der Waals surface area contributed by atoms with Crippen LogP contribution in [0.25, 0.3) is 0 Å². The lowest BCUT2D eigenvalue weighted by Crippen LogP contribution is -2.40. The van der Waals surface area contributed by atoms with Crippen molar-refractivity contribution in [2.24, 2.45) is 5.92 Å². The van der Waals surface area contributed by atoms with E-state index in [9.17, 15) is 9.59 Å². The molecule has 1 aromatic rings. The number of nitrogens with one attached hydrogen (secondary N) is 3. The van der Waals surface area contributed by atoms with Gasteiger partial charge in [0.05, 0.1) is 0 Å². The molecule has 0 spiro atoms. The molecular weight excluding hydrogens is 316 g/mol. The Bertz CT molecular complexity index is 589. The van der Waals surface area contributed by atoms with Gasteiger partial charge in [0.15, 0.2) is 0 Å². The van der Waals surface area contributed by atoms with Gasteiger partial charge in [0.25, 0.3) is 5.91 Å². The fourth-order valence-electron chi connectivity index (χ4n) is 3.09. The average Bonchev–Trinajstić information content (AvgIpc) is 2.54. The van der Waals surface area contributed by atoms with Crippen LogP contribution in [0.1, 0.15) is 44.0 Å². The lowest BCUT2D eigenvalue weighted by atomic mass is 10.0. The molecule has 0 aliphatic carbocycles. The van der Waals surface area contributed by atoms with Crippen molar-refractivity contribution in [1.29, 1.82) is 0 Å². The summed E-state index contributed by atoms with van der Waals surface area (Å²) in [6.07, 6.45) is 2.54. The Balaban J connectivity index is 1.81. The molecule has 25 heavy (non-hydrogen) atoms. The molecule has 0 bridgehead atoms. The van der Waals surface area contributed by atoms with E-state index < -0.39 is 0 Å². The lowest BCUT2D eigenvalue weighted by molar-refractivity contribution is 0.0944. The molecule has 1 fully saturated rings. The van der Waals surface area contributed by atoms with Crippen molar-refractivity contribution < 1.29 is 9.59 Å². The van der Waals surface area contributed by atoms with Crippen LogP contribution >= 0.6 is 0 Å². The Morgan fingerprint density at radius 2 is 2.12 bits per heavy atom. The first-order chi connectivity index (χ1) is 11.9. The molecule has 1 heterocycles. The fraction of sp³-hybridized carbons (Fsp3) is 0.579. The molecule has 1 aliphatic heterocycles. The van der Waals surface area contributed by atoms with Gasteiger partial charge in [0.2, 0.25) is 0 Å². The summed E-state index contributed by atoms with van der Waals surface area (Å²) in [6.45, 7) is 9.81. The minimum atomic E-state index is -0.272. The van der Waals surface area contributed by atoms with E-state index >= 15 is 0 Å². The largest absolute Gasteiger partial charge is 0.351 e. The van der Waals surface area contributed by atoms with Gasteiger partial charge < -0.3 is 20.9 Å². The number of piperidine rings is 1. The number of benzene rings is 1. The predicted octanol–water partition coefficient (Wildman–Crippen LogP) is 2.68. The number of rotatable bonds is 6. The van der Waals surface area contributed by atoms with Crippen molar-refractivity contribution in [3.8, 4) is 0 Å². The number of urea groups is 1. The summed E-state index contributed by atoms with van der Waals surface area (Å²) >= 11 is 0. The van der Waals surface area contributed by atoms with Crippen LogP contribution in [0.4, 0.5) is 10.5 Å². The molecule has 2 rings (SSSR count). The van der Waals surface area contributed by atoms with Gasteiger partial charge in [-0.3, -0.25) is 4.79 Å². The van der Waals surface area contributed by atoms with Crippen molar-refractivity contribution in [1.82, 2.24) is 15.5 Å². The minimum absolute atomic E-state index is 0.0592. The number of amides is 3. The monoisotopic (exact) mass is 346 g/mol. The number of nitrogens with zero attached hydrogens (tertiary/aromatic N) is 1. The first-order valence-corrected chi connectivity index (χ1v) is 9.12. The molecule has 1 atom stereocenters. The maximum atomic E-state index is 12.3. The first kappa shape index (κ1) is 19.2. The Labute approximate surface area is 150 Å². The molecule has 6 heteroatoms. The third-order valence-corrected chi connectivity index (χ3v) is 4.26. The number of carbonyl (C=O) groups is 2. The predicted molar refractivity (Wildman–Crippen MR) is 101 cm³/mol. The summed E-state index contributed by atoms with van der Waals surface area (Å²) < 4.78 is 0. The average molecular weight is 346 g/mol. The van der Waals surface area contributed by atoms with Crippen molar-refractivity contribution in [3.63, 3.8) is 0 Å². The number of hydrogen-bond acceptors (Lipinski definition) is 3. The molecule has 0 saturated carbocycles. The standard InChI is InChI=1S/C19H30N4O2/c1-14(2)21-19(25)22-17-8-4-7-16(12-17)18(24)20-9-11-23-10-5-6-15(3)13-23/h4,7-8,12,14-15H,5-6,9-11,13H2,1-3H3,(H,20,24)(H2,21,22,25). The molecule has 1 aromatic carbocycles. The summed E-state index contributed by atoms with van der Waals surface area (Å²) in [4.78, 5) is 26.5. The summed E-state index contributed by atoms with van der Waals surface area (Å²) in [5.74, 6) is 0.627. The van der Waals surface area contributed by atoms with Crippen molar-refractivity contribution in [2.45, 2.75) is 39.7 Å². The van der Waals surface area contributed by atoms with Gasteiger partial charge >= 0.3 is 6.03 Å². The van der Waals surface area contributed by atoms with E-state index in [1.165, 1.54) is 12.8 Å². The Morgan fingerprint density at radius 3 is 2.84 bits per heavy atom. The highest BCUT2D eigenvalue weighted by atomic mass is 16.2. The van der Waals surface area contributed by atoms with Crippen LogP contribution in [0.3, 0.4) is 0 Å². The van der Waals surface area contributed by atoms with Crippen LogP contribution in [0.15, 0.2) is 24.3 Å². The number of carbonyl (C=O) groups excluding carboxylic acids is 2. The molecule has 0 radical (unpaired) electrons. The summed E-state index contributed by atoms with van der Waals surface area (Å²) in [5, 5.41) is 8.47. The first-order valence-electron chi connectivity index (χ1n) is 9.12. The summed E-state index contributed by atoms with van der Waals surface area (Å²) in [6, 6.07) is 6.77. The number of likely N-dealkylation sites (tertiary alicyclic amines) is 1. The number of anilines is 1. The molecule has 0 aromatic heterocycles. The third kappa shape index (κ3) is 6.74.